The Morgan fingerprint density at radius 1 is 1.31 bits per heavy atom. The maximum atomic E-state index is 12.8. The fourth-order valence-electron chi connectivity index (χ4n) is 2.79. The molecule has 0 unspecified atom stereocenters. The van der Waals surface area contributed by atoms with Crippen molar-refractivity contribution in [3.63, 3.8) is 0 Å². The van der Waals surface area contributed by atoms with E-state index in [2.05, 4.69) is 0 Å². The van der Waals surface area contributed by atoms with Gasteiger partial charge < -0.3 is 14.4 Å². The van der Waals surface area contributed by atoms with Gasteiger partial charge in [-0.25, -0.2) is 4.79 Å². The van der Waals surface area contributed by atoms with Crippen LogP contribution < -0.4 is 0 Å². The third-order valence-corrected chi connectivity index (χ3v) is 4.32. The lowest BCUT2D eigenvalue weighted by atomic mass is 10.1. The average molecular weight is 358 g/mol. The molecule has 0 spiro atoms. The van der Waals surface area contributed by atoms with Crippen LogP contribution in [0.1, 0.15) is 52.0 Å². The number of nitro benzene ring substituents is 1. The zero-order valence-corrected chi connectivity index (χ0v) is 14.2. The van der Waals surface area contributed by atoms with E-state index < -0.39 is 10.9 Å². The van der Waals surface area contributed by atoms with Gasteiger partial charge in [0, 0.05) is 37.2 Å². The van der Waals surface area contributed by atoms with Crippen molar-refractivity contribution in [2.24, 2.45) is 0 Å². The first-order chi connectivity index (χ1) is 12.4. The highest BCUT2D eigenvalue weighted by molar-refractivity contribution is 5.96. The van der Waals surface area contributed by atoms with Crippen molar-refractivity contribution in [1.82, 2.24) is 4.90 Å². The molecule has 0 aliphatic heterocycles. The van der Waals surface area contributed by atoms with Crippen LogP contribution in [0.4, 0.5) is 5.69 Å². The van der Waals surface area contributed by atoms with E-state index in [-0.39, 0.29) is 41.3 Å². The van der Waals surface area contributed by atoms with Crippen LogP contribution in [0.3, 0.4) is 0 Å². The second kappa shape index (κ2) is 6.99. The molecule has 3 rings (SSSR count). The van der Waals surface area contributed by atoms with Gasteiger partial charge in [-0.05, 0) is 18.4 Å². The summed E-state index contributed by atoms with van der Waals surface area (Å²) in [5.41, 5.74) is 0.751. The van der Waals surface area contributed by atoms with Gasteiger partial charge in [0.25, 0.3) is 11.6 Å². The molecule has 26 heavy (non-hydrogen) atoms. The first-order valence-electron chi connectivity index (χ1n) is 8.31. The van der Waals surface area contributed by atoms with Gasteiger partial charge in [-0.3, -0.25) is 14.9 Å². The van der Waals surface area contributed by atoms with Gasteiger partial charge in [0.1, 0.15) is 11.3 Å². The number of furan rings is 1. The van der Waals surface area contributed by atoms with Crippen LogP contribution in [0.15, 0.2) is 34.7 Å². The zero-order valence-electron chi connectivity index (χ0n) is 14.2. The summed E-state index contributed by atoms with van der Waals surface area (Å²) >= 11 is 0. The molecule has 1 fully saturated rings. The summed E-state index contributed by atoms with van der Waals surface area (Å²) < 4.78 is 5.47. The molecule has 0 atom stereocenters. The molecule has 136 valence electrons. The Kier molecular flexibility index (Phi) is 4.75. The van der Waals surface area contributed by atoms with E-state index >= 15 is 0 Å². The van der Waals surface area contributed by atoms with Gasteiger partial charge in [0.2, 0.25) is 0 Å². The first kappa shape index (κ1) is 17.7. The molecule has 0 saturated heterocycles. The second-order valence-corrected chi connectivity index (χ2v) is 6.19. The first-order valence-corrected chi connectivity index (χ1v) is 8.31. The van der Waals surface area contributed by atoms with Crippen LogP contribution in [0.25, 0.3) is 0 Å². The lowest BCUT2D eigenvalue weighted by molar-refractivity contribution is -0.384. The Bertz CT molecular complexity index is 851. The summed E-state index contributed by atoms with van der Waals surface area (Å²) in [5, 5.41) is 20.0. The number of nitro groups is 1. The smallest absolute Gasteiger partial charge is 0.339 e. The molecule has 1 amide bonds. The Labute approximate surface area is 149 Å². The third-order valence-electron chi connectivity index (χ3n) is 4.32. The number of aryl methyl sites for hydroxylation is 1. The van der Waals surface area contributed by atoms with E-state index in [0.717, 1.165) is 18.4 Å². The highest BCUT2D eigenvalue weighted by atomic mass is 16.6. The number of carbonyl (C=O) groups excluding carboxylic acids is 1. The minimum Gasteiger partial charge on any atom is -0.478 e. The largest absolute Gasteiger partial charge is 0.478 e. The van der Waals surface area contributed by atoms with Crippen LogP contribution >= 0.6 is 0 Å². The Balaban J connectivity index is 1.83. The fraction of sp³-hybridized carbons (Fsp3) is 0.333. The Hall–Kier alpha value is -3.16. The quantitative estimate of drug-likeness (QED) is 0.600. The molecule has 1 aromatic heterocycles. The number of hydrogen-bond acceptors (Lipinski definition) is 5. The molecule has 1 aliphatic carbocycles. The summed E-state index contributed by atoms with van der Waals surface area (Å²) in [6.45, 7) is 2.04. The minimum absolute atomic E-state index is 0.00179. The fourth-order valence-corrected chi connectivity index (χ4v) is 2.79. The van der Waals surface area contributed by atoms with Crippen LogP contribution in [0, 0.1) is 10.1 Å². The van der Waals surface area contributed by atoms with E-state index in [0.29, 0.717) is 6.42 Å². The topological polar surface area (TPSA) is 114 Å². The van der Waals surface area contributed by atoms with Crippen molar-refractivity contribution in [3.8, 4) is 0 Å². The number of benzene rings is 1. The lowest BCUT2D eigenvalue weighted by Gasteiger charge is -2.21. The van der Waals surface area contributed by atoms with Crippen LogP contribution in [0.5, 0.6) is 0 Å². The van der Waals surface area contributed by atoms with Crippen molar-refractivity contribution in [3.05, 3.63) is 63.1 Å². The highest BCUT2D eigenvalue weighted by Gasteiger charge is 2.35. The predicted molar refractivity (Wildman–Crippen MR) is 91.0 cm³/mol. The second-order valence-electron chi connectivity index (χ2n) is 6.19. The number of non-ortho nitro benzene ring substituents is 1. The number of carbonyl (C=O) groups is 2. The van der Waals surface area contributed by atoms with Crippen molar-refractivity contribution in [1.29, 1.82) is 0 Å². The van der Waals surface area contributed by atoms with Gasteiger partial charge in [-0.1, -0.05) is 19.1 Å². The normalized spacial score (nSPS) is 13.4. The summed E-state index contributed by atoms with van der Waals surface area (Å²) in [5.74, 6) is -1.22. The monoisotopic (exact) mass is 358 g/mol. The van der Waals surface area contributed by atoms with E-state index in [9.17, 15) is 24.8 Å². The molecule has 1 aliphatic rings. The van der Waals surface area contributed by atoms with E-state index in [1.807, 2.05) is 0 Å². The zero-order chi connectivity index (χ0) is 18.8. The molecule has 2 aromatic rings. The molecule has 1 N–H and O–H groups in total. The minimum atomic E-state index is -1.13. The van der Waals surface area contributed by atoms with Crippen LogP contribution in [-0.4, -0.2) is 32.8 Å². The molecule has 1 heterocycles. The summed E-state index contributed by atoms with van der Waals surface area (Å²) in [6.07, 6.45) is 2.11. The van der Waals surface area contributed by atoms with E-state index in [1.165, 1.54) is 18.2 Å². The van der Waals surface area contributed by atoms with Gasteiger partial charge in [0.15, 0.2) is 5.76 Å². The van der Waals surface area contributed by atoms with Crippen molar-refractivity contribution < 1.29 is 24.0 Å². The molecular formula is C18H18N2O6. The number of aromatic carboxylic acids is 1. The van der Waals surface area contributed by atoms with E-state index in [1.54, 1.807) is 24.0 Å². The SMILES string of the molecule is CCc1oc(C(=O)N(Cc2ccc([N+](=O)[O-])cc2)C2CC2)cc1C(=O)O. The Morgan fingerprint density at radius 3 is 2.42 bits per heavy atom. The predicted octanol–water partition coefficient (Wildman–Crippen LogP) is 3.25. The van der Waals surface area contributed by atoms with Crippen molar-refractivity contribution in [2.45, 2.75) is 38.8 Å². The summed E-state index contributed by atoms with van der Waals surface area (Å²) in [6, 6.07) is 7.37. The van der Waals surface area contributed by atoms with Gasteiger partial charge in [0.05, 0.1) is 4.92 Å². The lowest BCUT2D eigenvalue weighted by Crippen LogP contribution is -2.32. The number of carboxylic acid groups (broad SMARTS) is 1. The third kappa shape index (κ3) is 3.58. The number of nitrogens with zero attached hydrogens (tertiary/aromatic N) is 2. The average Bonchev–Trinajstić information content (AvgIpc) is 3.36. The van der Waals surface area contributed by atoms with Crippen molar-refractivity contribution in [2.75, 3.05) is 0 Å². The van der Waals surface area contributed by atoms with Crippen molar-refractivity contribution >= 4 is 17.6 Å². The maximum absolute atomic E-state index is 12.8. The Morgan fingerprint density at radius 2 is 1.96 bits per heavy atom. The standard InChI is InChI=1S/C18H18N2O6/c1-2-15-14(18(22)23)9-16(26-15)17(21)19(12-7-8-12)10-11-3-5-13(6-4-11)20(24)25/h3-6,9,12H,2,7-8,10H2,1H3,(H,22,23). The van der Waals surface area contributed by atoms with Gasteiger partial charge in [-0.2, -0.15) is 0 Å². The summed E-state index contributed by atoms with van der Waals surface area (Å²) in [4.78, 5) is 36.0. The molecule has 1 aromatic carbocycles. The number of carboxylic acids is 1. The molecule has 8 nitrogen and oxygen atoms in total. The number of hydrogen-bond donors (Lipinski definition) is 1. The highest BCUT2D eigenvalue weighted by Crippen LogP contribution is 2.31. The molecule has 8 heteroatoms. The maximum Gasteiger partial charge on any atom is 0.339 e. The van der Waals surface area contributed by atoms with Gasteiger partial charge in [-0.15, -0.1) is 0 Å². The molecule has 0 bridgehead atoms. The number of amides is 1. The molecule has 0 radical (unpaired) electrons. The molecule has 1 saturated carbocycles. The van der Waals surface area contributed by atoms with Crippen LogP contribution in [0.2, 0.25) is 0 Å². The number of rotatable bonds is 7. The van der Waals surface area contributed by atoms with E-state index in [4.69, 9.17) is 4.42 Å². The van der Waals surface area contributed by atoms with Crippen LogP contribution in [-0.2, 0) is 13.0 Å². The summed E-state index contributed by atoms with van der Waals surface area (Å²) in [7, 11) is 0. The van der Waals surface area contributed by atoms with Gasteiger partial charge >= 0.3 is 5.97 Å². The molecular weight excluding hydrogens is 340 g/mol.